The summed E-state index contributed by atoms with van der Waals surface area (Å²) in [5, 5.41) is 13.6. The average Bonchev–Trinajstić information content (AvgIpc) is 2.72. The zero-order valence-electron chi connectivity index (χ0n) is 18.3. The zero-order chi connectivity index (χ0) is 23.0. The second kappa shape index (κ2) is 11.5. The van der Waals surface area contributed by atoms with Crippen molar-refractivity contribution in [3.8, 4) is 0 Å². The van der Waals surface area contributed by atoms with E-state index in [0.29, 0.717) is 12.3 Å². The predicted octanol–water partition coefficient (Wildman–Crippen LogP) is 4.08. The molecule has 2 rings (SSSR count). The molecular weight excluding hydrogens is 414 g/mol. The van der Waals surface area contributed by atoms with Gasteiger partial charge in [0.2, 0.25) is 11.8 Å². The van der Waals surface area contributed by atoms with Gasteiger partial charge in [-0.15, -0.1) is 11.8 Å². The number of hydrogen-bond donors (Lipinski definition) is 1. The molecule has 1 atom stereocenters. The molecule has 1 N–H and O–H groups in total. The minimum Gasteiger partial charge on any atom is -0.352 e. The lowest BCUT2D eigenvalue weighted by molar-refractivity contribution is -0.384. The Kier molecular flexibility index (Phi) is 9.05. The zero-order valence-corrected chi connectivity index (χ0v) is 19.1. The molecular formula is C23H29N3O4S. The molecule has 0 saturated heterocycles. The van der Waals surface area contributed by atoms with Gasteiger partial charge in [-0.2, -0.15) is 0 Å². The van der Waals surface area contributed by atoms with Gasteiger partial charge in [0, 0.05) is 30.5 Å². The highest BCUT2D eigenvalue weighted by molar-refractivity contribution is 7.99. The number of amides is 2. The fourth-order valence-electron chi connectivity index (χ4n) is 3.01. The molecule has 0 spiro atoms. The molecule has 0 bridgehead atoms. The fraction of sp³-hybridized carbons (Fsp3) is 0.391. The van der Waals surface area contributed by atoms with E-state index in [0.717, 1.165) is 16.7 Å². The predicted molar refractivity (Wildman–Crippen MR) is 124 cm³/mol. The van der Waals surface area contributed by atoms with Gasteiger partial charge in [0.05, 0.1) is 10.7 Å². The number of nitro benzene ring substituents is 1. The van der Waals surface area contributed by atoms with E-state index in [1.807, 2.05) is 45.0 Å². The molecule has 31 heavy (non-hydrogen) atoms. The van der Waals surface area contributed by atoms with Crippen LogP contribution in [0.25, 0.3) is 0 Å². The summed E-state index contributed by atoms with van der Waals surface area (Å²) in [6, 6.07) is 13.5. The van der Waals surface area contributed by atoms with Crippen LogP contribution in [0.1, 0.15) is 37.5 Å². The van der Waals surface area contributed by atoms with Crippen LogP contribution in [0.5, 0.6) is 0 Å². The number of carbonyl (C=O) groups is 2. The number of nitrogens with zero attached hydrogens (tertiary/aromatic N) is 2. The van der Waals surface area contributed by atoms with Crippen LogP contribution in [0.15, 0.2) is 48.5 Å². The summed E-state index contributed by atoms with van der Waals surface area (Å²) in [5.41, 5.74) is 3.01. The Morgan fingerprint density at radius 3 is 2.32 bits per heavy atom. The van der Waals surface area contributed by atoms with Gasteiger partial charge in [-0.3, -0.25) is 19.7 Å². The van der Waals surface area contributed by atoms with Crippen molar-refractivity contribution in [3.63, 3.8) is 0 Å². The highest BCUT2D eigenvalue weighted by atomic mass is 32.2. The summed E-state index contributed by atoms with van der Waals surface area (Å²) < 4.78 is 0. The number of rotatable bonds is 10. The van der Waals surface area contributed by atoms with E-state index >= 15 is 0 Å². The van der Waals surface area contributed by atoms with Crippen molar-refractivity contribution >= 4 is 29.3 Å². The van der Waals surface area contributed by atoms with Gasteiger partial charge in [0.25, 0.3) is 5.69 Å². The van der Waals surface area contributed by atoms with Crippen LogP contribution in [-0.4, -0.2) is 39.5 Å². The topological polar surface area (TPSA) is 92.6 Å². The van der Waals surface area contributed by atoms with Gasteiger partial charge in [0.1, 0.15) is 6.04 Å². The Morgan fingerprint density at radius 2 is 1.74 bits per heavy atom. The number of hydrogen-bond acceptors (Lipinski definition) is 5. The minimum atomic E-state index is -0.602. The largest absolute Gasteiger partial charge is 0.352 e. The van der Waals surface area contributed by atoms with Gasteiger partial charge in [-0.25, -0.2) is 0 Å². The second-order valence-electron chi connectivity index (χ2n) is 7.70. The van der Waals surface area contributed by atoms with E-state index < -0.39 is 11.0 Å². The number of aryl methyl sites for hydroxylation is 1. The third kappa shape index (κ3) is 7.40. The Morgan fingerprint density at radius 1 is 1.10 bits per heavy atom. The molecule has 0 aliphatic rings. The van der Waals surface area contributed by atoms with E-state index in [-0.39, 0.29) is 29.3 Å². The van der Waals surface area contributed by atoms with E-state index in [1.165, 1.54) is 23.9 Å². The molecule has 0 aliphatic carbocycles. The lowest BCUT2D eigenvalue weighted by Crippen LogP contribution is -2.49. The Bertz CT molecular complexity index is 915. The van der Waals surface area contributed by atoms with E-state index in [9.17, 15) is 19.7 Å². The summed E-state index contributed by atoms with van der Waals surface area (Å²) in [6.07, 6.45) is 0. The van der Waals surface area contributed by atoms with Crippen LogP contribution in [0, 0.1) is 17.0 Å². The van der Waals surface area contributed by atoms with Gasteiger partial charge < -0.3 is 10.2 Å². The van der Waals surface area contributed by atoms with Crippen molar-refractivity contribution in [3.05, 3.63) is 75.3 Å². The first-order valence-electron chi connectivity index (χ1n) is 10.1. The molecule has 8 heteroatoms. The molecule has 2 amide bonds. The van der Waals surface area contributed by atoms with Crippen molar-refractivity contribution in [2.24, 2.45) is 0 Å². The maximum atomic E-state index is 13.1. The van der Waals surface area contributed by atoms with Gasteiger partial charge in [-0.05, 0) is 44.4 Å². The monoisotopic (exact) mass is 443 g/mol. The third-order valence-corrected chi connectivity index (χ3v) is 5.83. The third-order valence-electron chi connectivity index (χ3n) is 4.84. The second-order valence-corrected chi connectivity index (χ2v) is 8.69. The summed E-state index contributed by atoms with van der Waals surface area (Å²) >= 11 is 1.42. The number of non-ortho nitro benzene ring substituents is 1. The maximum absolute atomic E-state index is 13.1. The SMILES string of the molecule is Cc1ccccc1CN(C(=O)CSCc1ccc([N+](=O)[O-])cc1)[C@@H](C)C(=O)NC(C)C. The normalized spacial score (nSPS) is 11.8. The van der Waals surface area contributed by atoms with Crippen LogP contribution in [-0.2, 0) is 21.9 Å². The lowest BCUT2D eigenvalue weighted by Gasteiger charge is -2.30. The van der Waals surface area contributed by atoms with E-state index in [1.54, 1.807) is 24.0 Å². The first-order valence-corrected chi connectivity index (χ1v) is 11.3. The lowest BCUT2D eigenvalue weighted by atomic mass is 10.1. The Balaban J connectivity index is 2.06. The first-order chi connectivity index (χ1) is 14.7. The van der Waals surface area contributed by atoms with Crippen LogP contribution in [0.4, 0.5) is 5.69 Å². The van der Waals surface area contributed by atoms with Crippen LogP contribution in [0.2, 0.25) is 0 Å². The standard InChI is InChI=1S/C23H29N3O4S/c1-16(2)24-23(28)18(4)25(13-20-8-6-5-7-17(20)3)22(27)15-31-14-19-9-11-21(12-10-19)26(29)30/h5-12,16,18H,13-15H2,1-4H3,(H,24,28)/t18-/m0/s1. The number of nitro groups is 1. The van der Waals surface area contributed by atoms with Crippen molar-refractivity contribution in [2.45, 2.75) is 52.1 Å². The minimum absolute atomic E-state index is 0.0122. The fourth-order valence-corrected chi connectivity index (χ4v) is 3.88. The number of thioether (sulfide) groups is 1. The summed E-state index contributed by atoms with van der Waals surface area (Å²) in [5.74, 6) is 0.454. The number of nitrogens with one attached hydrogen (secondary N) is 1. The highest BCUT2D eigenvalue weighted by Crippen LogP contribution is 2.19. The molecule has 2 aromatic carbocycles. The summed E-state index contributed by atoms with van der Waals surface area (Å²) in [6.45, 7) is 7.86. The average molecular weight is 444 g/mol. The molecule has 0 radical (unpaired) electrons. The van der Waals surface area contributed by atoms with Crippen molar-refractivity contribution in [1.82, 2.24) is 10.2 Å². The number of benzene rings is 2. The molecule has 0 saturated carbocycles. The van der Waals surface area contributed by atoms with E-state index in [4.69, 9.17) is 0 Å². The van der Waals surface area contributed by atoms with Crippen molar-refractivity contribution in [2.75, 3.05) is 5.75 Å². The molecule has 0 heterocycles. The molecule has 0 unspecified atom stereocenters. The maximum Gasteiger partial charge on any atom is 0.269 e. The Hall–Kier alpha value is -2.87. The van der Waals surface area contributed by atoms with Gasteiger partial charge in [0.15, 0.2) is 0 Å². The molecule has 0 aromatic heterocycles. The quantitative estimate of drug-likeness (QED) is 0.441. The number of carbonyl (C=O) groups excluding carboxylic acids is 2. The summed E-state index contributed by atoms with van der Waals surface area (Å²) in [7, 11) is 0. The molecule has 7 nitrogen and oxygen atoms in total. The smallest absolute Gasteiger partial charge is 0.269 e. The molecule has 0 fully saturated rings. The van der Waals surface area contributed by atoms with E-state index in [2.05, 4.69) is 5.32 Å². The van der Waals surface area contributed by atoms with Gasteiger partial charge in [-0.1, -0.05) is 36.4 Å². The van der Waals surface area contributed by atoms with Crippen molar-refractivity contribution < 1.29 is 14.5 Å². The Labute approximate surface area is 187 Å². The van der Waals surface area contributed by atoms with Gasteiger partial charge >= 0.3 is 0 Å². The first kappa shape index (κ1) is 24.4. The highest BCUT2D eigenvalue weighted by Gasteiger charge is 2.26. The van der Waals surface area contributed by atoms with Crippen LogP contribution in [0.3, 0.4) is 0 Å². The van der Waals surface area contributed by atoms with Crippen molar-refractivity contribution in [1.29, 1.82) is 0 Å². The molecule has 2 aromatic rings. The molecule has 0 aliphatic heterocycles. The van der Waals surface area contributed by atoms with Crippen LogP contribution < -0.4 is 5.32 Å². The van der Waals surface area contributed by atoms with Crippen LogP contribution >= 0.6 is 11.8 Å². The summed E-state index contributed by atoms with van der Waals surface area (Å²) in [4.78, 5) is 37.6. The molecule has 166 valence electrons.